The van der Waals surface area contributed by atoms with Gasteiger partial charge in [-0.3, -0.25) is 9.59 Å². The second-order valence-corrected chi connectivity index (χ2v) is 7.64. The molecule has 2 amide bonds. The summed E-state index contributed by atoms with van der Waals surface area (Å²) < 4.78 is 11.7. The van der Waals surface area contributed by atoms with Crippen molar-refractivity contribution in [3.63, 3.8) is 0 Å². The van der Waals surface area contributed by atoms with Crippen LogP contribution < -0.4 is 20.2 Å². The maximum Gasteiger partial charge on any atom is 0.249 e. The van der Waals surface area contributed by atoms with Crippen molar-refractivity contribution in [1.29, 1.82) is 0 Å². The number of carbonyl (C=O) groups excluding carboxylic acids is 2. The quantitative estimate of drug-likeness (QED) is 0.278. The van der Waals surface area contributed by atoms with E-state index in [4.69, 9.17) is 32.7 Å². The number of carbonyl (C=O) groups is 2. The van der Waals surface area contributed by atoms with Crippen LogP contribution in [0.25, 0.3) is 0 Å². The predicted molar refractivity (Wildman–Crippen MR) is 122 cm³/mol. The molecule has 30 heavy (non-hydrogen) atoms. The maximum absolute atomic E-state index is 12.0. The van der Waals surface area contributed by atoms with E-state index < -0.39 is 18.2 Å². The van der Waals surface area contributed by atoms with E-state index in [1.807, 2.05) is 6.92 Å². The van der Waals surface area contributed by atoms with E-state index >= 15 is 0 Å². The summed E-state index contributed by atoms with van der Waals surface area (Å²) in [5.74, 6) is -0.00945. The lowest BCUT2D eigenvalue weighted by molar-refractivity contribution is -0.126. The average Bonchev–Trinajstić information content (AvgIpc) is 2.70. The largest absolute Gasteiger partial charge is 0.493 e. The molecule has 0 saturated carbocycles. The highest BCUT2D eigenvalue weighted by Crippen LogP contribution is 2.36. The summed E-state index contributed by atoms with van der Waals surface area (Å²) in [7, 11) is 1.54. The Labute approximate surface area is 192 Å². The number of rotatable bonds is 9. The van der Waals surface area contributed by atoms with Crippen molar-refractivity contribution in [3.8, 4) is 11.5 Å². The molecule has 10 heteroatoms. The Kier molecular flexibility index (Phi) is 9.42. The van der Waals surface area contributed by atoms with E-state index in [1.165, 1.54) is 13.3 Å². The summed E-state index contributed by atoms with van der Waals surface area (Å²) in [4.78, 5) is 24.0. The number of halogens is 3. The number of ether oxygens (including phenoxy) is 2. The fraction of sp³-hybridized carbons (Fsp3) is 0.250. The van der Waals surface area contributed by atoms with Crippen LogP contribution in [0.5, 0.6) is 11.5 Å². The Morgan fingerprint density at radius 3 is 2.70 bits per heavy atom. The Morgan fingerprint density at radius 2 is 2.00 bits per heavy atom. The molecule has 0 aliphatic heterocycles. The monoisotopic (exact) mass is 515 g/mol. The van der Waals surface area contributed by atoms with Gasteiger partial charge in [-0.15, -0.1) is 0 Å². The molecule has 2 aromatic rings. The summed E-state index contributed by atoms with van der Waals surface area (Å²) in [6, 6.07) is 8.31. The minimum absolute atomic E-state index is 0.205. The first-order valence-corrected chi connectivity index (χ1v) is 10.5. The van der Waals surface area contributed by atoms with Gasteiger partial charge < -0.3 is 14.8 Å². The standard InChI is InChI=1S/C20H20BrCl2N3O4/c1-3-7-30-20-13(21)8-12(9-16(20)29-2)11-24-26-18(28)10-17(27)25-15-6-4-5-14(22)19(15)23/h4-6,8-9,11H,3,7,10H2,1-2H3,(H,25,27)(H,26,28). The van der Waals surface area contributed by atoms with Crippen LogP contribution in [0.2, 0.25) is 10.0 Å². The van der Waals surface area contributed by atoms with Crippen LogP contribution in [0.15, 0.2) is 39.9 Å². The number of benzene rings is 2. The molecule has 160 valence electrons. The number of amides is 2. The third kappa shape index (κ3) is 6.90. The molecular formula is C20H20BrCl2N3O4. The van der Waals surface area contributed by atoms with Crippen LogP contribution in [0.1, 0.15) is 25.3 Å². The number of anilines is 1. The normalized spacial score (nSPS) is 10.7. The first-order chi connectivity index (χ1) is 14.3. The lowest BCUT2D eigenvalue weighted by Crippen LogP contribution is -2.24. The summed E-state index contributed by atoms with van der Waals surface area (Å²) in [5, 5.41) is 6.91. The number of hydrazone groups is 1. The fourth-order valence-corrected chi connectivity index (χ4v) is 3.24. The smallest absolute Gasteiger partial charge is 0.249 e. The topological polar surface area (TPSA) is 89.0 Å². The summed E-state index contributed by atoms with van der Waals surface area (Å²) in [5.41, 5.74) is 3.29. The Hall–Kier alpha value is -2.29. The third-order valence-corrected chi connectivity index (χ3v) is 5.06. The lowest BCUT2D eigenvalue weighted by atomic mass is 10.2. The first-order valence-electron chi connectivity index (χ1n) is 8.91. The second-order valence-electron chi connectivity index (χ2n) is 6.00. The number of nitrogens with one attached hydrogen (secondary N) is 2. The molecule has 2 N–H and O–H groups in total. The maximum atomic E-state index is 12.0. The molecule has 0 aliphatic rings. The minimum atomic E-state index is -0.587. The minimum Gasteiger partial charge on any atom is -0.493 e. The van der Waals surface area contributed by atoms with Gasteiger partial charge in [0.2, 0.25) is 11.8 Å². The van der Waals surface area contributed by atoms with Gasteiger partial charge >= 0.3 is 0 Å². The molecule has 2 rings (SSSR count). The molecule has 0 radical (unpaired) electrons. The molecule has 0 fully saturated rings. The van der Waals surface area contributed by atoms with Gasteiger partial charge in [-0.25, -0.2) is 5.43 Å². The predicted octanol–water partition coefficient (Wildman–Crippen LogP) is 5.03. The molecule has 7 nitrogen and oxygen atoms in total. The zero-order valence-corrected chi connectivity index (χ0v) is 19.4. The third-order valence-electron chi connectivity index (χ3n) is 3.65. The van der Waals surface area contributed by atoms with Crippen molar-refractivity contribution in [2.24, 2.45) is 5.10 Å². The molecule has 0 bridgehead atoms. The molecular weight excluding hydrogens is 497 g/mol. The van der Waals surface area contributed by atoms with Gasteiger partial charge in [-0.2, -0.15) is 5.10 Å². The van der Waals surface area contributed by atoms with E-state index in [-0.39, 0.29) is 5.02 Å². The SMILES string of the molecule is CCCOc1c(Br)cc(C=NNC(=O)CC(=O)Nc2cccc(Cl)c2Cl)cc1OC. The molecule has 0 saturated heterocycles. The Morgan fingerprint density at radius 1 is 1.23 bits per heavy atom. The van der Waals surface area contributed by atoms with E-state index in [1.54, 1.807) is 30.3 Å². The van der Waals surface area contributed by atoms with Gasteiger partial charge in [0.15, 0.2) is 11.5 Å². The molecule has 0 atom stereocenters. The Balaban J connectivity index is 1.94. The molecule has 0 heterocycles. The van der Waals surface area contributed by atoms with E-state index in [2.05, 4.69) is 31.8 Å². The van der Waals surface area contributed by atoms with Crippen molar-refractivity contribution < 1.29 is 19.1 Å². The van der Waals surface area contributed by atoms with Gasteiger partial charge in [0.1, 0.15) is 6.42 Å². The van der Waals surface area contributed by atoms with Gasteiger partial charge in [-0.1, -0.05) is 36.2 Å². The first kappa shape index (κ1) is 24.0. The number of hydrogen-bond acceptors (Lipinski definition) is 5. The molecule has 0 unspecified atom stereocenters. The van der Waals surface area contributed by atoms with Gasteiger partial charge in [0.05, 0.1) is 40.1 Å². The van der Waals surface area contributed by atoms with Crippen molar-refractivity contribution in [2.75, 3.05) is 19.0 Å². The van der Waals surface area contributed by atoms with Crippen LogP contribution in [0.3, 0.4) is 0 Å². The summed E-state index contributed by atoms with van der Waals surface area (Å²) in [6.07, 6.45) is 1.86. The van der Waals surface area contributed by atoms with Crippen LogP contribution in [-0.2, 0) is 9.59 Å². The highest BCUT2D eigenvalue weighted by atomic mass is 79.9. The highest BCUT2D eigenvalue weighted by Gasteiger charge is 2.13. The molecule has 2 aromatic carbocycles. The fourth-order valence-electron chi connectivity index (χ4n) is 2.32. The number of hydrogen-bond donors (Lipinski definition) is 2. The van der Waals surface area contributed by atoms with Crippen LogP contribution >= 0.6 is 39.1 Å². The average molecular weight is 517 g/mol. The van der Waals surface area contributed by atoms with E-state index in [9.17, 15) is 9.59 Å². The second kappa shape index (κ2) is 11.8. The van der Waals surface area contributed by atoms with Crippen molar-refractivity contribution in [1.82, 2.24) is 5.43 Å². The lowest BCUT2D eigenvalue weighted by Gasteiger charge is -2.12. The molecule has 0 spiro atoms. The van der Waals surface area contributed by atoms with Gasteiger partial charge in [0, 0.05) is 0 Å². The molecule has 0 aliphatic carbocycles. The zero-order valence-electron chi connectivity index (χ0n) is 16.3. The molecule has 0 aromatic heterocycles. The highest BCUT2D eigenvalue weighted by molar-refractivity contribution is 9.10. The van der Waals surface area contributed by atoms with Crippen LogP contribution in [0.4, 0.5) is 5.69 Å². The van der Waals surface area contributed by atoms with Crippen LogP contribution in [-0.4, -0.2) is 31.7 Å². The van der Waals surface area contributed by atoms with Crippen molar-refractivity contribution in [3.05, 3.63) is 50.4 Å². The van der Waals surface area contributed by atoms with Crippen molar-refractivity contribution >= 4 is 62.8 Å². The Bertz CT molecular complexity index is 954. The van der Waals surface area contributed by atoms with Gasteiger partial charge in [-0.05, 0) is 52.2 Å². The van der Waals surface area contributed by atoms with E-state index in [0.717, 1.165) is 6.42 Å². The van der Waals surface area contributed by atoms with Crippen LogP contribution in [0, 0.1) is 0 Å². The number of methoxy groups -OCH3 is 1. The summed E-state index contributed by atoms with van der Waals surface area (Å²) in [6.45, 7) is 2.56. The van der Waals surface area contributed by atoms with E-state index in [0.29, 0.717) is 38.9 Å². The number of nitrogens with zero attached hydrogens (tertiary/aromatic N) is 1. The van der Waals surface area contributed by atoms with Crippen molar-refractivity contribution in [2.45, 2.75) is 19.8 Å². The zero-order chi connectivity index (χ0) is 22.1. The van der Waals surface area contributed by atoms with Gasteiger partial charge in [0.25, 0.3) is 0 Å². The summed E-state index contributed by atoms with van der Waals surface area (Å²) >= 11 is 15.3.